The van der Waals surface area contributed by atoms with Gasteiger partial charge in [0.1, 0.15) is 22.1 Å². The summed E-state index contributed by atoms with van der Waals surface area (Å²) < 4.78 is 137. The monoisotopic (exact) mass is 1200 g/mol. The topological polar surface area (TPSA) is 276 Å². The Morgan fingerprint density at radius 2 is 1.04 bits per heavy atom. The van der Waals surface area contributed by atoms with E-state index in [1.54, 1.807) is 18.2 Å². The number of nitrogens with zero attached hydrogens (tertiary/aromatic N) is 6. The van der Waals surface area contributed by atoms with Gasteiger partial charge in [0.25, 0.3) is 0 Å². The Bertz CT molecular complexity index is 2750. The van der Waals surface area contributed by atoms with E-state index in [0.29, 0.717) is 80.1 Å². The van der Waals surface area contributed by atoms with Crippen molar-refractivity contribution in [1.82, 2.24) is 15.0 Å². The van der Waals surface area contributed by atoms with E-state index < -0.39 is 62.2 Å². The molecule has 6 rings (SSSR count). The Morgan fingerprint density at radius 3 is 1.41 bits per heavy atom. The number of morpholine rings is 3. The number of esters is 1. The maximum Gasteiger partial charge on any atom is 1.00 e. The number of methoxy groups -OCH3 is 1. The van der Waals surface area contributed by atoms with Crippen molar-refractivity contribution < 1.29 is 97.2 Å². The molecule has 412 valence electrons. The summed E-state index contributed by atoms with van der Waals surface area (Å²) in [6, 6.07) is 9.94. The predicted octanol–water partition coefficient (Wildman–Crippen LogP) is 1.79. The van der Waals surface area contributed by atoms with Crippen LogP contribution in [0, 0.1) is 0 Å². The van der Waals surface area contributed by atoms with Gasteiger partial charge in [0.05, 0.1) is 94.3 Å². The summed E-state index contributed by atoms with van der Waals surface area (Å²) in [6.07, 6.45) is 5.73. The molecule has 0 radical (unpaired) electrons. The first-order valence-electron chi connectivity index (χ1n) is 22.4. The third kappa shape index (κ3) is 23.0. The quantitative estimate of drug-likeness (QED) is 0.0873. The van der Waals surface area contributed by atoms with Gasteiger partial charge < -0.3 is 39.6 Å². The summed E-state index contributed by atoms with van der Waals surface area (Å²) in [6.45, 7) is 11.5. The second-order valence-electron chi connectivity index (χ2n) is 17.1. The van der Waals surface area contributed by atoms with E-state index in [0.717, 1.165) is 49.7 Å². The van der Waals surface area contributed by atoms with Crippen LogP contribution in [0.3, 0.4) is 0 Å². The normalized spacial score (nSPS) is 18.8. The van der Waals surface area contributed by atoms with Crippen molar-refractivity contribution >= 4 is 89.8 Å². The van der Waals surface area contributed by atoms with Crippen molar-refractivity contribution in [3.63, 3.8) is 0 Å². The zero-order valence-corrected chi connectivity index (χ0v) is 49.2. The fourth-order valence-corrected chi connectivity index (χ4v) is 12.2. The van der Waals surface area contributed by atoms with E-state index in [9.17, 15) is 47.2 Å². The zero-order valence-electron chi connectivity index (χ0n) is 42.5. The fraction of sp³-hybridized carbons (Fsp3) is 0.644. The first-order valence-corrected chi connectivity index (χ1v) is 32.1. The van der Waals surface area contributed by atoms with Crippen molar-refractivity contribution in [1.29, 1.82) is 0 Å². The van der Waals surface area contributed by atoms with Crippen LogP contribution in [0.25, 0.3) is 0 Å². The van der Waals surface area contributed by atoms with Crippen LogP contribution in [0.1, 0.15) is 79.4 Å². The van der Waals surface area contributed by atoms with Crippen LogP contribution < -0.4 is 44.3 Å². The van der Waals surface area contributed by atoms with Crippen LogP contribution >= 0.6 is 15.9 Å². The minimum Gasteiger partial charge on any atom is -1.00 e. The maximum atomic E-state index is 12.7. The molecule has 3 fully saturated rings. The Kier molecular flexibility index (Phi) is 29.2. The molecular formula is C45H74BrN6NaO15S5. The Labute approximate surface area is 468 Å². The van der Waals surface area contributed by atoms with Crippen LogP contribution in [0.15, 0.2) is 51.1 Å². The van der Waals surface area contributed by atoms with Crippen LogP contribution in [0.5, 0.6) is 0 Å². The number of aromatic nitrogens is 3. The standard InChI is InChI=1S/C17H26N2O7S2.C13H19BrN2O3S.C13H20N2O5S2.2CH4.Na.H/c1-4-14-11-26-7-6-19(14)15-9-13(12-27(3,21)22)10-16(18-15)28(23,24)8-5-17(20)25-2;1-3-11-8-19-5-4-16(11)13-7-10(6-12(14)15-13)9-20(2,17)18;1-3-11-8-20-5-4-15(11)12-6-10(9-22(2,18)19)7-13(14-12)21(16)17;;;;/h9-10,14H,4-8,11-12H2,1-3H3;6-7,11H,3-5,8-9H2,1-2H3;6-7,11H,3-5,8-9H2,1-2H3,(H,16,17);2*1H4;;/q;;;;;+1;-1/t14-;2*11-;;;;/m000..../s1. The van der Waals surface area contributed by atoms with Gasteiger partial charge in [-0.1, -0.05) is 35.6 Å². The van der Waals surface area contributed by atoms with Crippen LogP contribution in [-0.2, 0) is 91.4 Å². The van der Waals surface area contributed by atoms with Gasteiger partial charge in [-0.3, -0.25) is 4.79 Å². The van der Waals surface area contributed by atoms with E-state index in [2.05, 4.69) is 47.4 Å². The van der Waals surface area contributed by atoms with Gasteiger partial charge in [0.15, 0.2) is 49.4 Å². The van der Waals surface area contributed by atoms with E-state index in [-0.39, 0.29) is 97.7 Å². The van der Waals surface area contributed by atoms with Gasteiger partial charge in [-0.15, -0.1) is 0 Å². The molecule has 0 amide bonds. The molecule has 73 heavy (non-hydrogen) atoms. The molecule has 1 N–H and O–H groups in total. The zero-order chi connectivity index (χ0) is 52.0. The number of carbonyl (C=O) groups is 1. The van der Waals surface area contributed by atoms with Crippen molar-refractivity contribution in [2.45, 2.75) is 107 Å². The number of halogens is 1. The second kappa shape index (κ2) is 31.1. The summed E-state index contributed by atoms with van der Waals surface area (Å²) in [5, 5.41) is -0.272. The average Bonchev–Trinajstić information content (AvgIpc) is 3.29. The molecule has 0 aromatic carbocycles. The van der Waals surface area contributed by atoms with E-state index >= 15 is 0 Å². The Balaban J connectivity index is 0.00000107. The molecule has 0 aliphatic carbocycles. The molecule has 21 nitrogen and oxygen atoms in total. The summed E-state index contributed by atoms with van der Waals surface area (Å²) in [7, 11) is -12.4. The molecule has 3 saturated heterocycles. The fourth-order valence-electron chi connectivity index (χ4n) is 7.78. The largest absolute Gasteiger partial charge is 1.00 e. The smallest absolute Gasteiger partial charge is 1.00 e. The SMILES string of the molecule is C.C.CC[C@H]1COCCN1c1cc(CS(C)(=O)=O)cc(Br)n1.CC[C@H]1COCCN1c1cc(CS(C)(=O)=O)cc(S(=O)(=O)CCC(=O)OC)n1.CC[C@H]1COCCN1c1cc(CS(C)(=O)=O)cc(S(=O)O)n1.[H-].[Na+]. The molecule has 0 saturated carbocycles. The molecule has 0 spiro atoms. The molecule has 4 atom stereocenters. The van der Waals surface area contributed by atoms with Gasteiger partial charge in [-0.2, -0.15) is 0 Å². The molecule has 3 aromatic rings. The van der Waals surface area contributed by atoms with Gasteiger partial charge in [0, 0.05) is 38.4 Å². The van der Waals surface area contributed by atoms with E-state index in [4.69, 9.17) is 14.2 Å². The number of ether oxygens (including phenoxy) is 4. The van der Waals surface area contributed by atoms with Crippen molar-refractivity contribution in [3.05, 3.63) is 57.7 Å². The molecule has 28 heteroatoms. The third-order valence-electron chi connectivity index (χ3n) is 11.1. The average molecular weight is 1200 g/mol. The van der Waals surface area contributed by atoms with Crippen molar-refractivity contribution in [2.75, 3.05) is 106 Å². The van der Waals surface area contributed by atoms with E-state index in [1.807, 2.05) is 29.7 Å². The summed E-state index contributed by atoms with van der Waals surface area (Å²) in [5.74, 6) is 0.166. The molecule has 1 unspecified atom stereocenters. The third-order valence-corrected chi connectivity index (χ3v) is 16.2. The molecule has 3 aliphatic rings. The van der Waals surface area contributed by atoms with E-state index in [1.165, 1.54) is 25.5 Å². The van der Waals surface area contributed by atoms with Gasteiger partial charge >= 0.3 is 35.5 Å². The molecule has 3 aromatic heterocycles. The number of hydrogen-bond acceptors (Lipinski definition) is 20. The predicted molar refractivity (Wildman–Crippen MR) is 285 cm³/mol. The van der Waals surface area contributed by atoms with Crippen LogP contribution in [-0.4, -0.2) is 172 Å². The first-order chi connectivity index (χ1) is 32.7. The number of anilines is 3. The Morgan fingerprint density at radius 1 is 0.671 bits per heavy atom. The summed E-state index contributed by atoms with van der Waals surface area (Å²) in [4.78, 5) is 30.5. The van der Waals surface area contributed by atoms with Gasteiger partial charge in [-0.25, -0.2) is 52.8 Å². The van der Waals surface area contributed by atoms with Gasteiger partial charge in [0.2, 0.25) is 11.1 Å². The number of sulfone groups is 4. The summed E-state index contributed by atoms with van der Waals surface area (Å²) >= 11 is 1.11. The number of pyridine rings is 3. The summed E-state index contributed by atoms with van der Waals surface area (Å²) in [5.41, 5.74) is 1.56. The Hall–Kier alpha value is -2.41. The van der Waals surface area contributed by atoms with Crippen LogP contribution in [0.4, 0.5) is 17.5 Å². The molecular weight excluding hydrogens is 1130 g/mol. The number of hydrogen-bond donors (Lipinski definition) is 1. The number of carbonyl (C=O) groups excluding carboxylic acids is 1. The minimum absolute atomic E-state index is 0. The first kappa shape index (κ1) is 68.6. The van der Waals surface area contributed by atoms with Gasteiger partial charge in [-0.05, 0) is 88.3 Å². The number of rotatable bonds is 17. The maximum absolute atomic E-state index is 12.7. The van der Waals surface area contributed by atoms with Crippen molar-refractivity contribution in [3.8, 4) is 0 Å². The minimum atomic E-state index is -3.89. The molecule has 3 aliphatic heterocycles. The second-order valence-corrected chi connectivity index (χ2v) is 27.3. The molecule has 0 bridgehead atoms. The van der Waals surface area contributed by atoms with Crippen molar-refractivity contribution in [2.24, 2.45) is 0 Å². The molecule has 6 heterocycles. The van der Waals surface area contributed by atoms with Crippen LogP contribution in [0.2, 0.25) is 0 Å².